The molecule has 1 nitrogen and oxygen atoms in total. The van der Waals surface area contributed by atoms with Gasteiger partial charge in [-0.25, -0.2) is 4.58 Å². The molecule has 0 amide bonds. The van der Waals surface area contributed by atoms with Gasteiger partial charge in [0.15, 0.2) is 5.71 Å². The Labute approximate surface area is 56.0 Å². The number of hydrogen-bond acceptors (Lipinski definition) is 0. The maximum Gasteiger partial charge on any atom is 0.179 e. The van der Waals surface area contributed by atoms with E-state index in [0.29, 0.717) is 0 Å². The van der Waals surface area contributed by atoms with Gasteiger partial charge in [-0.05, 0) is 0 Å². The standard InChI is InChI=1S/C8H12N/c1-9(2)8-6-4-3-5-7-8/h3-6H,7H2,1-2H3/q+1. The molecule has 0 radical (unpaired) electrons. The van der Waals surface area contributed by atoms with Crippen molar-refractivity contribution in [3.8, 4) is 0 Å². The summed E-state index contributed by atoms with van der Waals surface area (Å²) in [6, 6.07) is 0. The largest absolute Gasteiger partial charge is 0.239 e. The Morgan fingerprint density at radius 2 is 2.11 bits per heavy atom. The Balaban J connectivity index is 2.78. The van der Waals surface area contributed by atoms with Crippen molar-refractivity contribution in [3.63, 3.8) is 0 Å². The SMILES string of the molecule is C[N+](C)=C1C=CC=CC1. The second-order valence-electron chi connectivity index (χ2n) is 2.38. The number of rotatable bonds is 0. The van der Waals surface area contributed by atoms with E-state index in [-0.39, 0.29) is 0 Å². The highest BCUT2D eigenvalue weighted by molar-refractivity contribution is 5.93. The first-order chi connectivity index (χ1) is 4.30. The van der Waals surface area contributed by atoms with Gasteiger partial charge in [0.1, 0.15) is 14.1 Å². The minimum atomic E-state index is 1.07. The van der Waals surface area contributed by atoms with Crippen molar-refractivity contribution in [1.82, 2.24) is 0 Å². The van der Waals surface area contributed by atoms with Crippen LogP contribution >= 0.6 is 0 Å². The van der Waals surface area contributed by atoms with Crippen LogP contribution in [0.15, 0.2) is 24.3 Å². The average molecular weight is 122 g/mol. The van der Waals surface area contributed by atoms with E-state index < -0.39 is 0 Å². The summed E-state index contributed by atoms with van der Waals surface area (Å²) in [4.78, 5) is 0. The molecule has 0 aromatic carbocycles. The van der Waals surface area contributed by atoms with E-state index in [2.05, 4.69) is 43.0 Å². The third-order valence-electron chi connectivity index (χ3n) is 1.44. The number of nitrogens with zero attached hydrogens (tertiary/aromatic N) is 1. The molecule has 0 saturated carbocycles. The van der Waals surface area contributed by atoms with E-state index >= 15 is 0 Å². The summed E-state index contributed by atoms with van der Waals surface area (Å²) in [6.07, 6.45) is 9.52. The van der Waals surface area contributed by atoms with Gasteiger partial charge < -0.3 is 0 Å². The van der Waals surface area contributed by atoms with Crippen LogP contribution in [0.5, 0.6) is 0 Å². The predicted molar refractivity (Wildman–Crippen MR) is 40.0 cm³/mol. The lowest BCUT2D eigenvalue weighted by molar-refractivity contribution is -0.464. The molecule has 0 fully saturated rings. The van der Waals surface area contributed by atoms with Crippen molar-refractivity contribution in [3.05, 3.63) is 24.3 Å². The lowest BCUT2D eigenvalue weighted by Gasteiger charge is -1.96. The third-order valence-corrected chi connectivity index (χ3v) is 1.44. The topological polar surface area (TPSA) is 3.01 Å². The third kappa shape index (κ3) is 1.53. The number of allylic oxidation sites excluding steroid dienone is 4. The molecule has 0 unspecified atom stereocenters. The molecule has 0 saturated heterocycles. The van der Waals surface area contributed by atoms with Gasteiger partial charge in [-0.3, -0.25) is 0 Å². The fourth-order valence-corrected chi connectivity index (χ4v) is 0.834. The summed E-state index contributed by atoms with van der Waals surface area (Å²) in [5, 5.41) is 0. The normalized spacial score (nSPS) is 16.4. The van der Waals surface area contributed by atoms with Crippen LogP contribution in [0.4, 0.5) is 0 Å². The second kappa shape index (κ2) is 2.62. The summed E-state index contributed by atoms with van der Waals surface area (Å²) < 4.78 is 2.14. The van der Waals surface area contributed by atoms with Gasteiger partial charge in [0.25, 0.3) is 0 Å². The van der Waals surface area contributed by atoms with Gasteiger partial charge in [0.05, 0.1) is 6.42 Å². The molecule has 0 bridgehead atoms. The van der Waals surface area contributed by atoms with E-state index in [1.807, 2.05) is 0 Å². The molecular formula is C8H12N+. The molecule has 0 heterocycles. The maximum atomic E-state index is 2.16. The Morgan fingerprint density at radius 1 is 1.33 bits per heavy atom. The smallest absolute Gasteiger partial charge is 0.179 e. The first-order valence-electron chi connectivity index (χ1n) is 3.17. The fourth-order valence-electron chi connectivity index (χ4n) is 0.834. The minimum Gasteiger partial charge on any atom is -0.239 e. The first kappa shape index (κ1) is 6.27. The fraction of sp³-hybridized carbons (Fsp3) is 0.375. The van der Waals surface area contributed by atoms with E-state index in [4.69, 9.17) is 0 Å². The minimum absolute atomic E-state index is 1.07. The maximum absolute atomic E-state index is 2.16. The van der Waals surface area contributed by atoms with Crippen LogP contribution in [0.25, 0.3) is 0 Å². The molecule has 1 aliphatic carbocycles. The van der Waals surface area contributed by atoms with Crippen molar-refractivity contribution in [2.45, 2.75) is 6.42 Å². The lowest BCUT2D eigenvalue weighted by atomic mass is 10.1. The van der Waals surface area contributed by atoms with Crippen molar-refractivity contribution < 1.29 is 4.58 Å². The molecule has 48 valence electrons. The second-order valence-corrected chi connectivity index (χ2v) is 2.38. The monoisotopic (exact) mass is 122 g/mol. The van der Waals surface area contributed by atoms with Crippen LogP contribution in [0.1, 0.15) is 6.42 Å². The van der Waals surface area contributed by atoms with E-state index in [1.54, 1.807) is 0 Å². The molecule has 0 aromatic heterocycles. The highest BCUT2D eigenvalue weighted by Gasteiger charge is 2.01. The van der Waals surface area contributed by atoms with Crippen LogP contribution in [0.2, 0.25) is 0 Å². The molecule has 0 atom stereocenters. The molecular weight excluding hydrogens is 110 g/mol. The van der Waals surface area contributed by atoms with Gasteiger partial charge in [-0.15, -0.1) is 0 Å². The number of hydrogen-bond donors (Lipinski definition) is 0. The van der Waals surface area contributed by atoms with E-state index in [9.17, 15) is 0 Å². The summed E-state index contributed by atoms with van der Waals surface area (Å²) >= 11 is 0. The molecule has 0 N–H and O–H groups in total. The summed E-state index contributed by atoms with van der Waals surface area (Å²) in [5.74, 6) is 0. The molecule has 0 aromatic rings. The highest BCUT2D eigenvalue weighted by atomic mass is 14.9. The Morgan fingerprint density at radius 3 is 2.44 bits per heavy atom. The van der Waals surface area contributed by atoms with E-state index in [0.717, 1.165) is 6.42 Å². The van der Waals surface area contributed by atoms with Crippen LogP contribution < -0.4 is 0 Å². The van der Waals surface area contributed by atoms with Crippen molar-refractivity contribution in [2.75, 3.05) is 14.1 Å². The highest BCUT2D eigenvalue weighted by Crippen LogP contribution is 1.96. The van der Waals surface area contributed by atoms with Crippen LogP contribution in [0.3, 0.4) is 0 Å². The molecule has 0 spiro atoms. The lowest BCUT2D eigenvalue weighted by Crippen LogP contribution is -2.10. The molecule has 9 heavy (non-hydrogen) atoms. The average Bonchev–Trinajstić information content (AvgIpc) is 1.90. The van der Waals surface area contributed by atoms with Gasteiger partial charge >= 0.3 is 0 Å². The molecule has 1 rings (SSSR count). The predicted octanol–water partition coefficient (Wildman–Crippen LogP) is 1.22. The Hall–Kier alpha value is -0.850. The van der Waals surface area contributed by atoms with Crippen LogP contribution in [-0.4, -0.2) is 24.4 Å². The zero-order valence-electron chi connectivity index (χ0n) is 5.96. The first-order valence-corrected chi connectivity index (χ1v) is 3.17. The Bertz CT molecular complexity index is 181. The molecule has 1 heteroatoms. The van der Waals surface area contributed by atoms with E-state index in [1.165, 1.54) is 5.71 Å². The van der Waals surface area contributed by atoms with Crippen LogP contribution in [0, 0.1) is 0 Å². The molecule has 1 aliphatic rings. The quantitative estimate of drug-likeness (QED) is 0.425. The van der Waals surface area contributed by atoms with Crippen molar-refractivity contribution in [2.24, 2.45) is 0 Å². The van der Waals surface area contributed by atoms with Crippen molar-refractivity contribution >= 4 is 5.71 Å². The zero-order chi connectivity index (χ0) is 6.69. The molecule has 0 aliphatic heterocycles. The zero-order valence-corrected chi connectivity index (χ0v) is 5.96. The van der Waals surface area contributed by atoms with Crippen molar-refractivity contribution in [1.29, 1.82) is 0 Å². The van der Waals surface area contributed by atoms with Crippen LogP contribution in [-0.2, 0) is 0 Å². The van der Waals surface area contributed by atoms with Gasteiger partial charge in [-0.2, -0.15) is 0 Å². The van der Waals surface area contributed by atoms with Gasteiger partial charge in [-0.1, -0.05) is 18.2 Å². The summed E-state index contributed by atoms with van der Waals surface area (Å²) in [6.45, 7) is 0. The Kier molecular flexibility index (Phi) is 1.83. The van der Waals surface area contributed by atoms with Gasteiger partial charge in [0.2, 0.25) is 0 Å². The van der Waals surface area contributed by atoms with Gasteiger partial charge in [0, 0.05) is 6.08 Å². The summed E-state index contributed by atoms with van der Waals surface area (Å²) in [7, 11) is 4.14. The summed E-state index contributed by atoms with van der Waals surface area (Å²) in [5.41, 5.74) is 1.37.